The first kappa shape index (κ1) is 18.9. The molecule has 2 aromatic carbocycles. The van der Waals surface area contributed by atoms with E-state index < -0.39 is 10.0 Å². The van der Waals surface area contributed by atoms with E-state index in [-0.39, 0.29) is 18.0 Å². The number of hydrogen-bond acceptors (Lipinski definition) is 4. The van der Waals surface area contributed by atoms with Gasteiger partial charge < -0.3 is 4.52 Å². The number of terminal acetylenes is 1. The van der Waals surface area contributed by atoms with Gasteiger partial charge in [0.2, 0.25) is 10.0 Å². The highest BCUT2D eigenvalue weighted by molar-refractivity contribution is 7.89. The van der Waals surface area contributed by atoms with E-state index in [0.717, 1.165) is 16.7 Å². The van der Waals surface area contributed by atoms with Gasteiger partial charge in [-0.3, -0.25) is 0 Å². The van der Waals surface area contributed by atoms with E-state index in [9.17, 15) is 8.42 Å². The van der Waals surface area contributed by atoms with Gasteiger partial charge in [-0.15, -0.1) is 6.42 Å². The van der Waals surface area contributed by atoms with Crippen molar-refractivity contribution in [2.45, 2.75) is 25.3 Å². The largest absolute Gasteiger partial charge is 0.359 e. The molecule has 3 rings (SSSR count). The molecule has 0 aliphatic heterocycles. The fraction of sp³-hybridized carbons (Fsp3) is 0.190. The monoisotopic (exact) mass is 380 g/mol. The Bertz CT molecular complexity index is 1060. The zero-order valence-electron chi connectivity index (χ0n) is 15.2. The van der Waals surface area contributed by atoms with Crippen LogP contribution in [0.25, 0.3) is 11.3 Å². The van der Waals surface area contributed by atoms with Crippen molar-refractivity contribution in [1.82, 2.24) is 9.46 Å². The Morgan fingerprint density at radius 1 is 1.04 bits per heavy atom. The van der Waals surface area contributed by atoms with Crippen LogP contribution in [0.5, 0.6) is 0 Å². The fourth-order valence-corrected chi connectivity index (χ4v) is 3.93. The number of rotatable bonds is 6. The van der Waals surface area contributed by atoms with Gasteiger partial charge in [0.15, 0.2) is 5.76 Å². The molecule has 0 saturated heterocycles. The second kappa shape index (κ2) is 7.78. The molecule has 0 bridgehead atoms. The van der Waals surface area contributed by atoms with Gasteiger partial charge in [-0.25, -0.2) is 8.42 Å². The second-order valence-electron chi connectivity index (χ2n) is 6.33. The molecule has 0 atom stereocenters. The molecule has 5 nitrogen and oxygen atoms in total. The van der Waals surface area contributed by atoms with Crippen molar-refractivity contribution in [2.24, 2.45) is 0 Å². The molecule has 0 N–H and O–H groups in total. The quantitative estimate of drug-likeness (QED) is 0.611. The van der Waals surface area contributed by atoms with E-state index in [1.54, 1.807) is 30.3 Å². The maximum Gasteiger partial charge on any atom is 0.244 e. The lowest BCUT2D eigenvalue weighted by Crippen LogP contribution is -2.31. The first-order valence-electron chi connectivity index (χ1n) is 8.43. The zero-order valence-corrected chi connectivity index (χ0v) is 16.0. The van der Waals surface area contributed by atoms with Gasteiger partial charge >= 0.3 is 0 Å². The maximum atomic E-state index is 12.9. The predicted octanol–water partition coefficient (Wildman–Crippen LogP) is 3.78. The fourth-order valence-electron chi connectivity index (χ4n) is 2.61. The summed E-state index contributed by atoms with van der Waals surface area (Å²) < 4.78 is 32.4. The highest BCUT2D eigenvalue weighted by Gasteiger charge is 2.25. The predicted molar refractivity (Wildman–Crippen MR) is 104 cm³/mol. The zero-order chi connectivity index (χ0) is 19.4. The SMILES string of the molecule is C#CCN(Cc1cc(-c2ccc(C)cc2)no1)S(=O)(=O)c1ccc(C)cc1. The summed E-state index contributed by atoms with van der Waals surface area (Å²) in [6.07, 6.45) is 5.39. The average Bonchev–Trinajstić information content (AvgIpc) is 3.11. The Morgan fingerprint density at radius 2 is 1.63 bits per heavy atom. The third kappa shape index (κ3) is 4.27. The van der Waals surface area contributed by atoms with Crippen molar-refractivity contribution in [1.29, 1.82) is 0 Å². The molecule has 3 aromatic rings. The molecule has 27 heavy (non-hydrogen) atoms. The minimum atomic E-state index is -3.74. The van der Waals surface area contributed by atoms with E-state index in [0.29, 0.717) is 11.5 Å². The second-order valence-corrected chi connectivity index (χ2v) is 8.27. The molecule has 6 heteroatoms. The first-order chi connectivity index (χ1) is 12.9. The van der Waals surface area contributed by atoms with Gasteiger partial charge in [-0.2, -0.15) is 4.31 Å². The van der Waals surface area contributed by atoms with Crippen molar-refractivity contribution >= 4 is 10.0 Å². The van der Waals surface area contributed by atoms with Gasteiger partial charge in [0.25, 0.3) is 0 Å². The molecule has 0 amide bonds. The Morgan fingerprint density at radius 3 is 2.22 bits per heavy atom. The molecule has 0 radical (unpaired) electrons. The van der Waals surface area contributed by atoms with Gasteiger partial charge in [0, 0.05) is 11.6 Å². The normalized spacial score (nSPS) is 11.5. The molecule has 0 spiro atoms. The molecule has 0 aliphatic carbocycles. The third-order valence-corrected chi connectivity index (χ3v) is 5.97. The summed E-state index contributed by atoms with van der Waals surface area (Å²) in [6, 6.07) is 16.2. The van der Waals surface area contributed by atoms with Crippen LogP contribution in [-0.2, 0) is 16.6 Å². The molecule has 1 heterocycles. The summed E-state index contributed by atoms with van der Waals surface area (Å²) in [6.45, 7) is 3.86. The maximum absolute atomic E-state index is 12.9. The van der Waals surface area contributed by atoms with Crippen LogP contribution in [0.4, 0.5) is 0 Å². The smallest absolute Gasteiger partial charge is 0.244 e. The number of benzene rings is 2. The van der Waals surface area contributed by atoms with Crippen molar-refractivity contribution in [3.05, 3.63) is 71.5 Å². The average molecular weight is 380 g/mol. The number of sulfonamides is 1. The van der Waals surface area contributed by atoms with E-state index in [1.807, 2.05) is 38.1 Å². The van der Waals surface area contributed by atoms with Crippen molar-refractivity contribution < 1.29 is 12.9 Å². The van der Waals surface area contributed by atoms with Gasteiger partial charge in [0.05, 0.1) is 18.0 Å². The Hall–Kier alpha value is -2.88. The summed E-state index contributed by atoms with van der Waals surface area (Å²) in [5.74, 6) is 2.83. The van der Waals surface area contributed by atoms with Crippen LogP contribution in [0.15, 0.2) is 64.0 Å². The molecule has 138 valence electrons. The van der Waals surface area contributed by atoms with Crippen LogP contribution in [0.2, 0.25) is 0 Å². The number of nitrogens with zero attached hydrogens (tertiary/aromatic N) is 2. The van der Waals surface area contributed by atoms with Crippen molar-refractivity contribution in [3.63, 3.8) is 0 Å². The summed E-state index contributed by atoms with van der Waals surface area (Å²) >= 11 is 0. The number of aryl methyl sites for hydroxylation is 2. The lowest BCUT2D eigenvalue weighted by molar-refractivity contribution is 0.336. The lowest BCUT2D eigenvalue weighted by atomic mass is 10.1. The van der Waals surface area contributed by atoms with E-state index in [2.05, 4.69) is 11.1 Å². The standard InChI is InChI=1S/C21H20N2O3S/c1-4-13-23(27(24,25)20-11-7-17(3)8-12-20)15-19-14-21(22-26-19)18-9-5-16(2)6-10-18/h1,5-12,14H,13,15H2,2-3H3. The van der Waals surface area contributed by atoms with Crippen LogP contribution in [-0.4, -0.2) is 24.4 Å². The van der Waals surface area contributed by atoms with Gasteiger partial charge in [0.1, 0.15) is 5.69 Å². The highest BCUT2D eigenvalue weighted by Crippen LogP contribution is 2.23. The molecule has 0 aliphatic rings. The van der Waals surface area contributed by atoms with Crippen LogP contribution in [0, 0.1) is 26.2 Å². The van der Waals surface area contributed by atoms with Crippen LogP contribution < -0.4 is 0 Å². The van der Waals surface area contributed by atoms with Crippen LogP contribution in [0.1, 0.15) is 16.9 Å². The number of aromatic nitrogens is 1. The van der Waals surface area contributed by atoms with E-state index in [1.165, 1.54) is 4.31 Å². The summed E-state index contributed by atoms with van der Waals surface area (Å²) in [7, 11) is -3.74. The lowest BCUT2D eigenvalue weighted by Gasteiger charge is -2.18. The molecular weight excluding hydrogens is 360 g/mol. The van der Waals surface area contributed by atoms with E-state index in [4.69, 9.17) is 10.9 Å². The van der Waals surface area contributed by atoms with Gasteiger partial charge in [-0.1, -0.05) is 58.6 Å². The molecule has 0 fully saturated rings. The topological polar surface area (TPSA) is 63.4 Å². The Labute approximate surface area is 159 Å². The number of hydrogen-bond donors (Lipinski definition) is 0. The minimum absolute atomic E-state index is 0.0132. The summed E-state index contributed by atoms with van der Waals surface area (Å²) in [5.41, 5.74) is 3.68. The summed E-state index contributed by atoms with van der Waals surface area (Å²) in [4.78, 5) is 0.196. The minimum Gasteiger partial charge on any atom is -0.359 e. The molecule has 1 aromatic heterocycles. The molecular formula is C21H20N2O3S. The van der Waals surface area contributed by atoms with E-state index >= 15 is 0 Å². The Balaban J connectivity index is 1.86. The first-order valence-corrected chi connectivity index (χ1v) is 9.87. The van der Waals surface area contributed by atoms with Crippen molar-refractivity contribution in [2.75, 3.05) is 6.54 Å². The third-order valence-electron chi connectivity index (χ3n) is 4.16. The molecule has 0 unspecified atom stereocenters. The van der Waals surface area contributed by atoms with Gasteiger partial charge in [-0.05, 0) is 26.0 Å². The van der Waals surface area contributed by atoms with Crippen molar-refractivity contribution in [3.8, 4) is 23.6 Å². The van der Waals surface area contributed by atoms with Crippen LogP contribution in [0.3, 0.4) is 0 Å². The van der Waals surface area contributed by atoms with Crippen LogP contribution >= 0.6 is 0 Å². The molecule has 0 saturated carbocycles. The Kier molecular flexibility index (Phi) is 5.45. The summed E-state index contributed by atoms with van der Waals surface area (Å²) in [5, 5.41) is 4.05. The highest BCUT2D eigenvalue weighted by atomic mass is 32.2.